The van der Waals surface area contributed by atoms with Crippen molar-refractivity contribution >= 4 is 15.9 Å². The molecule has 1 atom stereocenters. The summed E-state index contributed by atoms with van der Waals surface area (Å²) in [6, 6.07) is 6.30. The number of hydrogen-bond donors (Lipinski definition) is 0. The Kier molecular flexibility index (Phi) is 4.54. The molecule has 1 aromatic heterocycles. The van der Waals surface area contributed by atoms with Crippen molar-refractivity contribution in [1.82, 2.24) is 14.2 Å². The van der Waals surface area contributed by atoms with E-state index in [9.17, 15) is 22.0 Å². The zero-order chi connectivity index (χ0) is 20.1. The number of piperazine rings is 1. The minimum absolute atomic E-state index is 0.0157. The van der Waals surface area contributed by atoms with Gasteiger partial charge in [-0.15, -0.1) is 0 Å². The average Bonchev–Trinajstić information content (AvgIpc) is 2.93. The van der Waals surface area contributed by atoms with Crippen molar-refractivity contribution in [2.24, 2.45) is 0 Å². The van der Waals surface area contributed by atoms with E-state index in [2.05, 4.69) is 9.72 Å². The maximum atomic E-state index is 13.0. The molecule has 1 saturated heterocycles. The molecule has 1 amide bonds. The predicted molar refractivity (Wildman–Crippen MR) is 94.6 cm³/mol. The highest BCUT2D eigenvalue weighted by Crippen LogP contribution is 2.37. The number of aromatic nitrogens is 1. The van der Waals surface area contributed by atoms with E-state index in [-0.39, 0.29) is 42.2 Å². The third kappa shape index (κ3) is 3.12. The van der Waals surface area contributed by atoms with Gasteiger partial charge in [0.25, 0.3) is 5.91 Å². The molecule has 1 unspecified atom stereocenters. The molecule has 3 heterocycles. The van der Waals surface area contributed by atoms with Gasteiger partial charge in [-0.2, -0.15) is 13.1 Å². The third-order valence-corrected chi connectivity index (χ3v) is 6.83. The largest absolute Gasteiger partial charge is 0.435 e. The highest BCUT2D eigenvalue weighted by molar-refractivity contribution is 7.89. The van der Waals surface area contributed by atoms with Crippen LogP contribution in [-0.4, -0.2) is 54.8 Å². The second-order valence-electron chi connectivity index (χ2n) is 6.64. The van der Waals surface area contributed by atoms with E-state index < -0.39 is 16.6 Å². The lowest BCUT2D eigenvalue weighted by Gasteiger charge is -2.37. The van der Waals surface area contributed by atoms with Crippen LogP contribution in [0, 0.1) is 6.92 Å². The Morgan fingerprint density at radius 2 is 1.93 bits per heavy atom. The molecule has 10 heteroatoms. The summed E-state index contributed by atoms with van der Waals surface area (Å²) in [5.74, 6) is -0.255. The van der Waals surface area contributed by atoms with Crippen molar-refractivity contribution in [3.63, 3.8) is 0 Å². The Balaban J connectivity index is 1.60. The number of fused-ring (bicyclic) bond motifs is 3. The molecule has 0 N–H and O–H groups in total. The molecule has 7 nitrogen and oxygen atoms in total. The van der Waals surface area contributed by atoms with Crippen LogP contribution in [0.5, 0.6) is 5.75 Å². The lowest BCUT2D eigenvalue weighted by atomic mass is 10.1. The zero-order valence-electron chi connectivity index (χ0n) is 14.9. The van der Waals surface area contributed by atoms with Crippen LogP contribution < -0.4 is 4.74 Å². The number of aryl methyl sites for hydroxylation is 1. The van der Waals surface area contributed by atoms with Crippen molar-refractivity contribution in [3.8, 4) is 5.75 Å². The van der Waals surface area contributed by atoms with Gasteiger partial charge < -0.3 is 9.64 Å². The molecular formula is C18H17F2N3O4S. The molecule has 0 bridgehead atoms. The third-order valence-electron chi connectivity index (χ3n) is 4.95. The van der Waals surface area contributed by atoms with Crippen molar-refractivity contribution in [2.45, 2.75) is 24.5 Å². The standard InChI is InChI=1S/C18H17F2N3O4S/c1-11-8-14-15(9-21-11)17(24)23-7-6-22(10-16(14)23)28(25,26)13-4-2-12(3-5-13)27-18(19)20/h2-5,8-9,16,18H,6-7,10H2,1H3. The number of sulfonamides is 1. The average molecular weight is 409 g/mol. The first-order chi connectivity index (χ1) is 13.3. The molecule has 1 fully saturated rings. The van der Waals surface area contributed by atoms with Crippen LogP contribution in [-0.2, 0) is 10.0 Å². The number of carbonyl (C=O) groups excluding carboxylic acids is 1. The van der Waals surface area contributed by atoms with E-state index >= 15 is 0 Å². The van der Waals surface area contributed by atoms with Gasteiger partial charge in [0.15, 0.2) is 0 Å². The van der Waals surface area contributed by atoms with Crippen molar-refractivity contribution in [1.29, 1.82) is 0 Å². The van der Waals surface area contributed by atoms with Gasteiger partial charge >= 0.3 is 6.61 Å². The fraction of sp³-hybridized carbons (Fsp3) is 0.333. The van der Waals surface area contributed by atoms with Crippen LogP contribution in [0.2, 0.25) is 0 Å². The molecule has 4 rings (SSSR count). The van der Waals surface area contributed by atoms with Crippen LogP contribution >= 0.6 is 0 Å². The van der Waals surface area contributed by atoms with E-state index in [1.54, 1.807) is 4.90 Å². The zero-order valence-corrected chi connectivity index (χ0v) is 15.7. The van der Waals surface area contributed by atoms with Crippen LogP contribution in [0.3, 0.4) is 0 Å². The van der Waals surface area contributed by atoms with Gasteiger partial charge in [0.1, 0.15) is 5.75 Å². The minimum atomic E-state index is -3.84. The molecule has 2 aliphatic rings. The van der Waals surface area contributed by atoms with Crippen molar-refractivity contribution in [3.05, 3.63) is 53.3 Å². The lowest BCUT2D eigenvalue weighted by molar-refractivity contribution is -0.0498. The Bertz CT molecular complexity index is 1030. The summed E-state index contributed by atoms with van der Waals surface area (Å²) in [6.45, 7) is -0.620. The molecule has 0 radical (unpaired) electrons. The van der Waals surface area contributed by atoms with E-state index in [0.717, 1.165) is 11.3 Å². The summed E-state index contributed by atoms with van der Waals surface area (Å²) in [7, 11) is -3.84. The van der Waals surface area contributed by atoms with Crippen LogP contribution in [0.25, 0.3) is 0 Å². The molecule has 148 valence electrons. The second kappa shape index (κ2) is 6.78. The monoisotopic (exact) mass is 409 g/mol. The Labute approximate surface area is 160 Å². The number of ether oxygens (including phenoxy) is 1. The molecule has 2 aromatic rings. The summed E-state index contributed by atoms with van der Waals surface area (Å²) in [5.41, 5.74) is 2.03. The molecule has 2 aliphatic heterocycles. The minimum Gasteiger partial charge on any atom is -0.435 e. The first-order valence-corrected chi connectivity index (χ1v) is 10.0. The first kappa shape index (κ1) is 18.8. The first-order valence-electron chi connectivity index (χ1n) is 8.60. The SMILES string of the molecule is Cc1cc2c(cn1)C(=O)N1CCN(S(=O)(=O)c3ccc(OC(F)F)cc3)CC21. The topological polar surface area (TPSA) is 79.8 Å². The Hall–Kier alpha value is -2.59. The van der Waals surface area contributed by atoms with Gasteiger partial charge in [0.2, 0.25) is 10.0 Å². The quantitative estimate of drug-likeness (QED) is 0.774. The number of pyridine rings is 1. The van der Waals surface area contributed by atoms with Gasteiger partial charge in [-0.25, -0.2) is 8.42 Å². The number of carbonyl (C=O) groups is 1. The van der Waals surface area contributed by atoms with E-state index in [0.29, 0.717) is 5.56 Å². The summed E-state index contributed by atoms with van der Waals surface area (Å²) in [6.07, 6.45) is 1.53. The van der Waals surface area contributed by atoms with E-state index in [1.807, 2.05) is 13.0 Å². The second-order valence-corrected chi connectivity index (χ2v) is 8.58. The predicted octanol–water partition coefficient (Wildman–Crippen LogP) is 2.19. The maximum Gasteiger partial charge on any atom is 0.387 e. The van der Waals surface area contributed by atoms with Crippen LogP contribution in [0.15, 0.2) is 41.4 Å². The van der Waals surface area contributed by atoms with Gasteiger partial charge in [-0.3, -0.25) is 9.78 Å². The van der Waals surface area contributed by atoms with Gasteiger partial charge in [0, 0.05) is 31.5 Å². The van der Waals surface area contributed by atoms with E-state index in [4.69, 9.17) is 0 Å². The number of alkyl halides is 2. The number of hydrogen-bond acceptors (Lipinski definition) is 5. The van der Waals surface area contributed by atoms with E-state index in [1.165, 1.54) is 34.8 Å². The smallest absolute Gasteiger partial charge is 0.387 e. The number of rotatable bonds is 4. The highest BCUT2D eigenvalue weighted by atomic mass is 32.2. The van der Waals surface area contributed by atoms with Gasteiger partial charge in [-0.05, 0) is 42.8 Å². The highest BCUT2D eigenvalue weighted by Gasteiger charge is 2.43. The molecule has 1 aromatic carbocycles. The van der Waals surface area contributed by atoms with Crippen molar-refractivity contribution < 1.29 is 26.7 Å². The van der Waals surface area contributed by atoms with Crippen molar-refractivity contribution in [2.75, 3.05) is 19.6 Å². The molecule has 0 saturated carbocycles. The summed E-state index contributed by atoms with van der Waals surface area (Å²) in [4.78, 5) is 18.3. The lowest BCUT2D eigenvalue weighted by Crippen LogP contribution is -2.49. The molecule has 28 heavy (non-hydrogen) atoms. The maximum absolute atomic E-state index is 13.0. The summed E-state index contributed by atoms with van der Waals surface area (Å²) in [5, 5.41) is 0. The Morgan fingerprint density at radius 3 is 2.61 bits per heavy atom. The van der Waals surface area contributed by atoms with Gasteiger partial charge in [0.05, 0.1) is 16.5 Å². The number of halogens is 2. The number of benzene rings is 1. The molecular weight excluding hydrogens is 392 g/mol. The fourth-order valence-electron chi connectivity index (χ4n) is 3.62. The summed E-state index contributed by atoms with van der Waals surface area (Å²) < 4.78 is 56.1. The fourth-order valence-corrected chi connectivity index (χ4v) is 5.06. The molecule has 0 spiro atoms. The van der Waals surface area contributed by atoms with Crippen LogP contribution in [0.1, 0.15) is 27.7 Å². The molecule has 0 aliphatic carbocycles. The normalized spacial score (nSPS) is 19.6. The van der Waals surface area contributed by atoms with Gasteiger partial charge in [-0.1, -0.05) is 0 Å². The number of nitrogens with zero attached hydrogens (tertiary/aromatic N) is 3. The Morgan fingerprint density at radius 1 is 1.21 bits per heavy atom. The number of amides is 1. The van der Waals surface area contributed by atoms with Crippen LogP contribution in [0.4, 0.5) is 8.78 Å². The summed E-state index contributed by atoms with van der Waals surface area (Å²) >= 11 is 0.